The number of fused-ring (bicyclic) bond motifs is 1. The molecule has 3 rings (SSSR count). The minimum atomic E-state index is -0.319. The predicted octanol–water partition coefficient (Wildman–Crippen LogP) is 2.44. The predicted molar refractivity (Wildman–Crippen MR) is 91.6 cm³/mol. The van der Waals surface area contributed by atoms with Crippen LogP contribution in [0.15, 0.2) is 6.07 Å². The molecular formula is C17H25N3O2S. The summed E-state index contributed by atoms with van der Waals surface area (Å²) in [5, 5.41) is 5.64. The number of likely N-dealkylation sites (N-methyl/N-ethyl adjacent to an activating group) is 1. The zero-order valence-corrected chi connectivity index (χ0v) is 14.5. The summed E-state index contributed by atoms with van der Waals surface area (Å²) in [6, 6.07) is 1.81. The van der Waals surface area contributed by atoms with Crippen LogP contribution in [0.1, 0.15) is 47.4 Å². The standard InChI is InChI=1S/C17H25N3O2S/c1-18-16(21)14-7-5-9-20(14)17(22)19-11-13-10-12-6-3-2-4-8-15(12)23-13/h10,14H,2-9,11H2,1H3,(H,18,21)(H,19,22)/t14-/m0/s1. The zero-order chi connectivity index (χ0) is 16.2. The van der Waals surface area contributed by atoms with Crippen molar-refractivity contribution in [3.05, 3.63) is 21.4 Å². The molecule has 0 saturated carbocycles. The van der Waals surface area contributed by atoms with Gasteiger partial charge in [-0.05, 0) is 50.2 Å². The highest BCUT2D eigenvalue weighted by Gasteiger charge is 2.33. The van der Waals surface area contributed by atoms with Crippen molar-refractivity contribution in [2.24, 2.45) is 0 Å². The van der Waals surface area contributed by atoms with Crippen LogP contribution >= 0.6 is 11.3 Å². The van der Waals surface area contributed by atoms with Gasteiger partial charge in [0, 0.05) is 23.3 Å². The van der Waals surface area contributed by atoms with Gasteiger partial charge in [0.25, 0.3) is 0 Å². The Morgan fingerprint density at radius 1 is 1.26 bits per heavy atom. The third kappa shape index (κ3) is 3.68. The summed E-state index contributed by atoms with van der Waals surface area (Å²) in [6.07, 6.45) is 7.87. The molecule has 2 heterocycles. The van der Waals surface area contributed by atoms with Crippen molar-refractivity contribution >= 4 is 23.3 Å². The first-order valence-corrected chi connectivity index (χ1v) is 9.37. The van der Waals surface area contributed by atoms with Gasteiger partial charge in [0.05, 0.1) is 6.54 Å². The van der Waals surface area contributed by atoms with Crippen LogP contribution in [0.3, 0.4) is 0 Å². The van der Waals surface area contributed by atoms with Gasteiger partial charge in [0.15, 0.2) is 0 Å². The fourth-order valence-electron chi connectivity index (χ4n) is 3.53. The van der Waals surface area contributed by atoms with Crippen LogP contribution in [0, 0.1) is 0 Å². The van der Waals surface area contributed by atoms with Gasteiger partial charge in [-0.15, -0.1) is 11.3 Å². The molecule has 2 N–H and O–H groups in total. The Balaban J connectivity index is 1.57. The molecule has 5 nitrogen and oxygen atoms in total. The molecular weight excluding hydrogens is 310 g/mol. The fourth-order valence-corrected chi connectivity index (χ4v) is 4.73. The molecule has 0 bridgehead atoms. The maximum Gasteiger partial charge on any atom is 0.318 e. The Bertz CT molecular complexity index is 561. The fraction of sp³-hybridized carbons (Fsp3) is 0.647. The summed E-state index contributed by atoms with van der Waals surface area (Å²) in [5.74, 6) is -0.0690. The highest BCUT2D eigenvalue weighted by atomic mass is 32.1. The number of amides is 3. The van der Waals surface area contributed by atoms with Crippen LogP contribution in [-0.4, -0.2) is 36.5 Å². The first-order chi connectivity index (χ1) is 11.2. The highest BCUT2D eigenvalue weighted by Crippen LogP contribution is 2.29. The molecule has 0 spiro atoms. The van der Waals surface area contributed by atoms with E-state index in [0.29, 0.717) is 13.1 Å². The quantitative estimate of drug-likeness (QED) is 0.834. The van der Waals surface area contributed by atoms with E-state index in [9.17, 15) is 9.59 Å². The average molecular weight is 335 g/mol. The number of nitrogens with zero attached hydrogens (tertiary/aromatic N) is 1. The van der Waals surface area contributed by atoms with Crippen molar-refractivity contribution in [1.29, 1.82) is 0 Å². The number of aryl methyl sites for hydroxylation is 2. The zero-order valence-electron chi connectivity index (χ0n) is 13.7. The number of nitrogens with one attached hydrogen (secondary N) is 2. The molecule has 1 aromatic rings. The van der Waals surface area contributed by atoms with Crippen LogP contribution in [0.2, 0.25) is 0 Å². The van der Waals surface area contributed by atoms with Crippen molar-refractivity contribution < 1.29 is 9.59 Å². The summed E-state index contributed by atoms with van der Waals surface area (Å²) in [5.41, 5.74) is 1.47. The summed E-state index contributed by atoms with van der Waals surface area (Å²) in [7, 11) is 1.62. The molecule has 6 heteroatoms. The van der Waals surface area contributed by atoms with Crippen LogP contribution in [0.4, 0.5) is 4.79 Å². The Labute approximate surface area is 141 Å². The van der Waals surface area contributed by atoms with Crippen molar-refractivity contribution in [3.63, 3.8) is 0 Å². The molecule has 0 unspecified atom stereocenters. The van der Waals surface area contributed by atoms with Gasteiger partial charge in [0.1, 0.15) is 6.04 Å². The number of rotatable bonds is 3. The van der Waals surface area contributed by atoms with Gasteiger partial charge >= 0.3 is 6.03 Å². The van der Waals surface area contributed by atoms with E-state index in [2.05, 4.69) is 16.7 Å². The lowest BCUT2D eigenvalue weighted by Crippen LogP contribution is -2.48. The van der Waals surface area contributed by atoms with E-state index in [1.165, 1.54) is 47.4 Å². The molecule has 1 aliphatic heterocycles. The molecule has 126 valence electrons. The van der Waals surface area contributed by atoms with Gasteiger partial charge in [-0.1, -0.05) is 6.42 Å². The van der Waals surface area contributed by atoms with Crippen molar-refractivity contribution in [2.75, 3.05) is 13.6 Å². The number of likely N-dealkylation sites (tertiary alicyclic amines) is 1. The Morgan fingerprint density at radius 2 is 2.09 bits per heavy atom. The minimum Gasteiger partial charge on any atom is -0.357 e. The number of thiophene rings is 1. The van der Waals surface area contributed by atoms with E-state index in [0.717, 1.165) is 12.8 Å². The summed E-state index contributed by atoms with van der Waals surface area (Å²) in [4.78, 5) is 28.6. The van der Waals surface area contributed by atoms with E-state index in [4.69, 9.17) is 0 Å². The monoisotopic (exact) mass is 335 g/mol. The van der Waals surface area contributed by atoms with Gasteiger partial charge < -0.3 is 15.5 Å². The van der Waals surface area contributed by atoms with Crippen LogP contribution in [-0.2, 0) is 24.2 Å². The Kier molecular flexibility index (Phi) is 5.20. The Morgan fingerprint density at radius 3 is 2.91 bits per heavy atom. The van der Waals surface area contributed by atoms with Gasteiger partial charge in [-0.3, -0.25) is 4.79 Å². The van der Waals surface area contributed by atoms with Crippen molar-refractivity contribution in [2.45, 2.75) is 57.5 Å². The maximum absolute atomic E-state index is 12.4. The van der Waals surface area contributed by atoms with E-state index < -0.39 is 0 Å². The molecule has 1 saturated heterocycles. The molecule has 2 aliphatic rings. The molecule has 1 atom stereocenters. The normalized spacial score (nSPS) is 20.7. The Hall–Kier alpha value is -1.56. The SMILES string of the molecule is CNC(=O)[C@@H]1CCCN1C(=O)NCc1cc2c(s1)CCCCC2. The van der Waals surface area contributed by atoms with Gasteiger partial charge in [-0.2, -0.15) is 0 Å². The molecule has 0 radical (unpaired) electrons. The lowest BCUT2D eigenvalue weighted by Gasteiger charge is -2.23. The summed E-state index contributed by atoms with van der Waals surface area (Å²) < 4.78 is 0. The van der Waals surface area contributed by atoms with Crippen molar-refractivity contribution in [3.8, 4) is 0 Å². The van der Waals surface area contributed by atoms with Gasteiger partial charge in [0.2, 0.25) is 5.91 Å². The average Bonchev–Trinajstić information content (AvgIpc) is 3.14. The largest absolute Gasteiger partial charge is 0.357 e. The smallest absolute Gasteiger partial charge is 0.318 e. The third-order valence-corrected chi connectivity index (χ3v) is 6.01. The van der Waals surface area contributed by atoms with Crippen molar-refractivity contribution in [1.82, 2.24) is 15.5 Å². The van der Waals surface area contributed by atoms with E-state index in [1.54, 1.807) is 11.9 Å². The minimum absolute atomic E-state index is 0.0690. The molecule has 1 aromatic heterocycles. The molecule has 0 aromatic carbocycles. The molecule has 1 fully saturated rings. The van der Waals surface area contributed by atoms with Gasteiger partial charge in [-0.25, -0.2) is 4.79 Å². The maximum atomic E-state index is 12.4. The van der Waals surface area contributed by atoms with E-state index in [-0.39, 0.29) is 18.0 Å². The number of hydrogen-bond donors (Lipinski definition) is 2. The second kappa shape index (κ2) is 7.34. The first-order valence-electron chi connectivity index (χ1n) is 8.55. The molecule has 23 heavy (non-hydrogen) atoms. The second-order valence-corrected chi connectivity index (χ2v) is 7.57. The third-order valence-electron chi connectivity index (χ3n) is 4.77. The summed E-state index contributed by atoms with van der Waals surface area (Å²) in [6.45, 7) is 1.22. The number of carbonyl (C=O) groups is 2. The number of hydrogen-bond acceptors (Lipinski definition) is 3. The summed E-state index contributed by atoms with van der Waals surface area (Å²) >= 11 is 1.83. The van der Waals surface area contributed by atoms with E-state index >= 15 is 0 Å². The molecule has 3 amide bonds. The number of carbonyl (C=O) groups excluding carboxylic acids is 2. The highest BCUT2D eigenvalue weighted by molar-refractivity contribution is 7.12. The first kappa shape index (κ1) is 16.3. The van der Waals surface area contributed by atoms with Crippen LogP contribution in [0.5, 0.6) is 0 Å². The van der Waals surface area contributed by atoms with Crippen LogP contribution in [0.25, 0.3) is 0 Å². The molecule has 1 aliphatic carbocycles. The van der Waals surface area contributed by atoms with Crippen LogP contribution < -0.4 is 10.6 Å². The lowest BCUT2D eigenvalue weighted by molar-refractivity contribution is -0.124. The topological polar surface area (TPSA) is 61.4 Å². The second-order valence-electron chi connectivity index (χ2n) is 6.35. The van der Waals surface area contributed by atoms with E-state index in [1.807, 2.05) is 11.3 Å². The lowest BCUT2D eigenvalue weighted by atomic mass is 10.1. The number of urea groups is 1.